The highest BCUT2D eigenvalue weighted by molar-refractivity contribution is 6.05. The number of para-hydroxylation sites is 1. The molecule has 1 amide bonds. The van der Waals surface area contributed by atoms with Crippen LogP contribution < -0.4 is 20.3 Å². The SMILES string of the molecule is COc1cc(N2CCC(N3CCC(F)CC3)CC2)ccc1Nc1nccc(-c2c(-c3cccc(C(=O)Nc4c(F)cccc4F)c3)nc3ccccn23)n1. The molecule has 0 radical (unpaired) electrons. The summed E-state index contributed by atoms with van der Waals surface area (Å²) in [5.41, 5.74) is 4.49. The van der Waals surface area contributed by atoms with Crippen molar-refractivity contribution in [3.05, 3.63) is 115 Å². The van der Waals surface area contributed by atoms with Gasteiger partial charge in [0.15, 0.2) is 0 Å². The van der Waals surface area contributed by atoms with Crippen LogP contribution in [0.3, 0.4) is 0 Å². The molecule has 10 nitrogen and oxygen atoms in total. The smallest absolute Gasteiger partial charge is 0.255 e. The number of hydrogen-bond donors (Lipinski definition) is 2. The van der Waals surface area contributed by atoms with Gasteiger partial charge in [0, 0.05) is 67.5 Å². The first-order valence-electron chi connectivity index (χ1n) is 18.1. The van der Waals surface area contributed by atoms with E-state index in [4.69, 9.17) is 14.7 Å². The number of hydrogen-bond acceptors (Lipinski definition) is 8. The van der Waals surface area contributed by atoms with Gasteiger partial charge < -0.3 is 25.2 Å². The Morgan fingerprint density at radius 2 is 1.63 bits per heavy atom. The average molecular weight is 733 g/mol. The van der Waals surface area contributed by atoms with Gasteiger partial charge in [0.1, 0.15) is 34.9 Å². The van der Waals surface area contributed by atoms with Gasteiger partial charge in [0.05, 0.1) is 29.9 Å². The van der Waals surface area contributed by atoms with E-state index in [2.05, 4.69) is 31.5 Å². The van der Waals surface area contributed by atoms with Crippen LogP contribution in [0.5, 0.6) is 5.75 Å². The standard InChI is InChI=1S/C41H39F3N8O2/c1-54-35-25-30(51-22-16-29(17-23-51)50-20-14-28(42)15-21-50)11-12-33(35)46-41-45-18-13-34(47-41)39-37(48-36-10-2-3-19-52(36)39)26-6-4-7-27(24-26)40(53)49-38-31(43)8-5-9-32(38)44/h2-13,18-19,24-25,28-29H,14-17,20-23H2,1H3,(H,49,53)(H,45,46,47). The lowest BCUT2D eigenvalue weighted by Crippen LogP contribution is -2.48. The Morgan fingerprint density at radius 1 is 0.852 bits per heavy atom. The number of nitrogens with one attached hydrogen (secondary N) is 2. The molecule has 2 aliphatic rings. The van der Waals surface area contributed by atoms with Crippen molar-refractivity contribution in [3.63, 3.8) is 0 Å². The van der Waals surface area contributed by atoms with Crippen molar-refractivity contribution in [2.45, 2.75) is 37.9 Å². The van der Waals surface area contributed by atoms with E-state index in [1.54, 1.807) is 37.6 Å². The molecule has 6 aromatic rings. The fourth-order valence-electron chi connectivity index (χ4n) is 7.43. The molecule has 2 fully saturated rings. The number of anilines is 4. The quantitative estimate of drug-likeness (QED) is 0.154. The normalized spacial score (nSPS) is 15.7. The lowest BCUT2D eigenvalue weighted by atomic mass is 9.99. The van der Waals surface area contributed by atoms with Gasteiger partial charge in [-0.2, -0.15) is 0 Å². The molecule has 5 heterocycles. The first-order valence-corrected chi connectivity index (χ1v) is 18.1. The summed E-state index contributed by atoms with van der Waals surface area (Å²) in [5, 5.41) is 5.68. The molecule has 276 valence electrons. The Kier molecular flexibility index (Phi) is 9.87. The third-order valence-corrected chi connectivity index (χ3v) is 10.3. The van der Waals surface area contributed by atoms with Gasteiger partial charge in [-0.15, -0.1) is 0 Å². The number of aromatic nitrogens is 4. The van der Waals surface area contributed by atoms with Gasteiger partial charge in [-0.3, -0.25) is 9.20 Å². The van der Waals surface area contributed by atoms with Gasteiger partial charge in [-0.25, -0.2) is 28.1 Å². The molecular weight excluding hydrogens is 693 g/mol. The van der Waals surface area contributed by atoms with Crippen LogP contribution >= 0.6 is 0 Å². The fourth-order valence-corrected chi connectivity index (χ4v) is 7.43. The van der Waals surface area contributed by atoms with Crippen LogP contribution in [0.4, 0.5) is 36.2 Å². The number of piperidine rings is 2. The minimum Gasteiger partial charge on any atom is -0.494 e. The number of amides is 1. The molecule has 3 aromatic heterocycles. The fraction of sp³-hybridized carbons (Fsp3) is 0.268. The molecule has 0 unspecified atom stereocenters. The van der Waals surface area contributed by atoms with Crippen LogP contribution in [-0.2, 0) is 0 Å². The summed E-state index contributed by atoms with van der Waals surface area (Å²) >= 11 is 0. The summed E-state index contributed by atoms with van der Waals surface area (Å²) in [6.07, 6.45) is 6.22. The van der Waals surface area contributed by atoms with Crippen LogP contribution in [0, 0.1) is 11.6 Å². The predicted octanol–water partition coefficient (Wildman–Crippen LogP) is 8.14. The Bertz CT molecular complexity index is 2280. The number of alkyl halides is 1. The number of halogens is 3. The third-order valence-electron chi connectivity index (χ3n) is 10.3. The highest BCUT2D eigenvalue weighted by atomic mass is 19.1. The number of likely N-dealkylation sites (tertiary alicyclic amines) is 1. The number of pyridine rings is 1. The second-order valence-electron chi connectivity index (χ2n) is 13.6. The first-order chi connectivity index (χ1) is 26.3. The van der Waals surface area contributed by atoms with Gasteiger partial charge in [0.2, 0.25) is 5.95 Å². The second-order valence-corrected chi connectivity index (χ2v) is 13.6. The van der Waals surface area contributed by atoms with Crippen LogP contribution in [0.2, 0.25) is 0 Å². The van der Waals surface area contributed by atoms with Crippen LogP contribution in [0.1, 0.15) is 36.0 Å². The van der Waals surface area contributed by atoms with Gasteiger partial charge in [0.25, 0.3) is 5.91 Å². The lowest BCUT2D eigenvalue weighted by molar-refractivity contribution is 0.0981. The van der Waals surface area contributed by atoms with E-state index in [0.29, 0.717) is 64.6 Å². The van der Waals surface area contributed by atoms with Gasteiger partial charge >= 0.3 is 0 Å². The molecule has 0 saturated carbocycles. The van der Waals surface area contributed by atoms with E-state index in [9.17, 15) is 18.0 Å². The summed E-state index contributed by atoms with van der Waals surface area (Å²) in [4.78, 5) is 32.3. The molecular formula is C41H39F3N8O2. The van der Waals surface area contributed by atoms with Crippen molar-refractivity contribution < 1.29 is 22.7 Å². The van der Waals surface area contributed by atoms with E-state index in [1.807, 2.05) is 47.0 Å². The molecule has 8 rings (SSSR count). The number of ether oxygens (including phenoxy) is 1. The number of rotatable bonds is 9. The van der Waals surface area contributed by atoms with Crippen LogP contribution in [0.15, 0.2) is 97.3 Å². The predicted molar refractivity (Wildman–Crippen MR) is 203 cm³/mol. The average Bonchev–Trinajstić information content (AvgIpc) is 3.60. The number of carbonyl (C=O) groups excluding carboxylic acids is 1. The van der Waals surface area contributed by atoms with E-state index in [1.165, 1.54) is 6.07 Å². The minimum absolute atomic E-state index is 0.196. The molecule has 2 saturated heterocycles. The summed E-state index contributed by atoms with van der Waals surface area (Å²) in [6, 6.07) is 24.1. The molecule has 0 bridgehead atoms. The molecule has 0 atom stereocenters. The molecule has 0 spiro atoms. The summed E-state index contributed by atoms with van der Waals surface area (Å²) in [6.45, 7) is 3.52. The minimum atomic E-state index is -0.868. The summed E-state index contributed by atoms with van der Waals surface area (Å²) < 4.78 is 50.0. The molecule has 3 aromatic carbocycles. The van der Waals surface area contributed by atoms with Crippen molar-refractivity contribution in [2.24, 2.45) is 0 Å². The molecule has 54 heavy (non-hydrogen) atoms. The number of carbonyl (C=O) groups is 1. The van der Waals surface area contributed by atoms with Crippen molar-refractivity contribution in [3.8, 4) is 28.4 Å². The van der Waals surface area contributed by atoms with Crippen molar-refractivity contribution in [1.82, 2.24) is 24.3 Å². The maximum Gasteiger partial charge on any atom is 0.255 e. The van der Waals surface area contributed by atoms with Gasteiger partial charge in [-0.1, -0.05) is 24.3 Å². The molecule has 0 aliphatic carbocycles. The van der Waals surface area contributed by atoms with Crippen LogP contribution in [-0.4, -0.2) is 75.7 Å². The Hall–Kier alpha value is -5.95. The molecule has 2 N–H and O–H groups in total. The number of nitrogens with zero attached hydrogens (tertiary/aromatic N) is 6. The van der Waals surface area contributed by atoms with Crippen molar-refractivity contribution in [1.29, 1.82) is 0 Å². The Morgan fingerprint density at radius 3 is 2.41 bits per heavy atom. The van der Waals surface area contributed by atoms with Gasteiger partial charge in [-0.05, 0) is 80.3 Å². The Balaban J connectivity index is 1.04. The zero-order valence-electron chi connectivity index (χ0n) is 29.7. The van der Waals surface area contributed by atoms with Crippen molar-refractivity contribution in [2.75, 3.05) is 48.8 Å². The lowest BCUT2D eigenvalue weighted by Gasteiger charge is -2.41. The molecule has 2 aliphatic heterocycles. The summed E-state index contributed by atoms with van der Waals surface area (Å²) in [5.74, 6) is -1.42. The van der Waals surface area contributed by atoms with E-state index in [-0.39, 0.29) is 5.56 Å². The second kappa shape index (κ2) is 15.2. The largest absolute Gasteiger partial charge is 0.494 e. The number of methoxy groups -OCH3 is 1. The third kappa shape index (κ3) is 7.19. The Labute approximate surface area is 310 Å². The number of fused-ring (bicyclic) bond motifs is 1. The van der Waals surface area contributed by atoms with Crippen LogP contribution in [0.25, 0.3) is 28.3 Å². The molecule has 13 heteroatoms. The number of imidazole rings is 1. The topological polar surface area (TPSA) is 99.9 Å². The zero-order valence-corrected chi connectivity index (χ0v) is 29.7. The highest BCUT2D eigenvalue weighted by Gasteiger charge is 2.29. The van der Waals surface area contributed by atoms with E-state index in [0.717, 1.165) is 56.8 Å². The maximum atomic E-state index is 14.3. The zero-order chi connectivity index (χ0) is 37.2. The summed E-state index contributed by atoms with van der Waals surface area (Å²) in [7, 11) is 1.63. The van der Waals surface area contributed by atoms with Crippen molar-refractivity contribution >= 4 is 34.6 Å². The monoisotopic (exact) mass is 732 g/mol. The van der Waals surface area contributed by atoms with E-state index >= 15 is 0 Å². The van der Waals surface area contributed by atoms with E-state index < -0.39 is 29.4 Å². The maximum absolute atomic E-state index is 14.3. The highest BCUT2D eigenvalue weighted by Crippen LogP contribution is 2.36. The first kappa shape index (κ1) is 35.1. The number of benzene rings is 3.